The summed E-state index contributed by atoms with van der Waals surface area (Å²) in [5, 5.41) is 26.0. The molecule has 0 aliphatic heterocycles. The van der Waals surface area contributed by atoms with Crippen LogP contribution in [0.3, 0.4) is 0 Å². The molecule has 0 atom stereocenters. The van der Waals surface area contributed by atoms with Gasteiger partial charge in [0, 0.05) is 11.5 Å². The number of carbonyl (C=O) groups excluding carboxylic acids is 1. The van der Waals surface area contributed by atoms with E-state index >= 15 is 0 Å². The molecule has 5 heteroatoms. The van der Waals surface area contributed by atoms with Gasteiger partial charge in [-0.3, -0.25) is 10.2 Å². The zero-order valence-electron chi connectivity index (χ0n) is 8.91. The number of Topliss-reactive ketones (excluding diaryl/α,β-unsaturated/α-hetero) is 1. The molecule has 0 aliphatic carbocycles. The molecule has 86 valence electrons. The van der Waals surface area contributed by atoms with Crippen LogP contribution in [0.2, 0.25) is 5.02 Å². The lowest BCUT2D eigenvalue weighted by molar-refractivity contribution is -0.115. The number of aromatic hydroxyl groups is 2. The van der Waals surface area contributed by atoms with Crippen LogP contribution in [0.1, 0.15) is 19.4 Å². The molecule has 1 rings (SSSR count). The Kier molecular flexibility index (Phi) is 3.55. The van der Waals surface area contributed by atoms with Crippen molar-refractivity contribution in [3.63, 3.8) is 0 Å². The highest BCUT2D eigenvalue weighted by Gasteiger charge is 2.20. The van der Waals surface area contributed by atoms with Crippen molar-refractivity contribution in [1.29, 1.82) is 5.41 Å². The van der Waals surface area contributed by atoms with Crippen LogP contribution in [0.15, 0.2) is 12.1 Å². The summed E-state index contributed by atoms with van der Waals surface area (Å²) in [5.74, 6) is -1.58. The smallest absolute Gasteiger partial charge is 0.183 e. The Morgan fingerprint density at radius 1 is 1.38 bits per heavy atom. The van der Waals surface area contributed by atoms with Crippen molar-refractivity contribution in [2.75, 3.05) is 0 Å². The first-order valence-corrected chi connectivity index (χ1v) is 5.07. The predicted octanol–water partition coefficient (Wildman–Crippen LogP) is 2.34. The van der Waals surface area contributed by atoms with Crippen molar-refractivity contribution in [3.8, 4) is 11.5 Å². The number of phenolic OH excluding ortho intramolecular Hbond substituents is 2. The highest BCUT2D eigenvalue weighted by molar-refractivity contribution is 6.49. The number of benzene rings is 1. The summed E-state index contributed by atoms with van der Waals surface area (Å²) in [6.45, 7) is 3.34. The maximum absolute atomic E-state index is 11.6. The van der Waals surface area contributed by atoms with Crippen molar-refractivity contribution >= 4 is 23.1 Å². The van der Waals surface area contributed by atoms with Crippen molar-refractivity contribution in [1.82, 2.24) is 0 Å². The third-order valence-corrected chi connectivity index (χ3v) is 2.52. The number of carbonyl (C=O) groups is 1. The van der Waals surface area contributed by atoms with Gasteiger partial charge in [-0.2, -0.15) is 0 Å². The second-order valence-electron chi connectivity index (χ2n) is 3.69. The minimum atomic E-state index is -0.513. The predicted molar refractivity (Wildman–Crippen MR) is 61.5 cm³/mol. The Labute approximate surface area is 98.0 Å². The minimum absolute atomic E-state index is 0.121. The third-order valence-electron chi connectivity index (χ3n) is 2.13. The molecule has 0 unspecified atom stereocenters. The number of ketones is 1. The molecular formula is C11H12ClNO3. The molecule has 0 saturated heterocycles. The zero-order valence-corrected chi connectivity index (χ0v) is 9.67. The van der Waals surface area contributed by atoms with Crippen LogP contribution in [0.25, 0.3) is 0 Å². The summed E-state index contributed by atoms with van der Waals surface area (Å²) in [7, 11) is 0. The normalized spacial score (nSPS) is 10.5. The minimum Gasteiger partial charge on any atom is -0.504 e. The van der Waals surface area contributed by atoms with E-state index in [4.69, 9.17) is 22.1 Å². The van der Waals surface area contributed by atoms with Crippen LogP contribution in [-0.2, 0) is 4.79 Å². The summed E-state index contributed by atoms with van der Waals surface area (Å²) in [6.07, 6.45) is 0. The lowest BCUT2D eigenvalue weighted by Crippen LogP contribution is -2.20. The molecule has 0 saturated carbocycles. The summed E-state index contributed by atoms with van der Waals surface area (Å²) >= 11 is 5.74. The molecule has 0 spiro atoms. The van der Waals surface area contributed by atoms with E-state index in [0.717, 1.165) is 0 Å². The fraction of sp³-hybridized carbons (Fsp3) is 0.273. The zero-order chi connectivity index (χ0) is 12.5. The number of nitrogens with one attached hydrogen (secondary N) is 1. The van der Waals surface area contributed by atoms with Gasteiger partial charge in [0.25, 0.3) is 0 Å². The van der Waals surface area contributed by atoms with Gasteiger partial charge in [-0.15, -0.1) is 0 Å². The van der Waals surface area contributed by atoms with Crippen LogP contribution < -0.4 is 0 Å². The van der Waals surface area contributed by atoms with Crippen molar-refractivity contribution in [2.24, 2.45) is 5.92 Å². The largest absolute Gasteiger partial charge is 0.504 e. The number of phenols is 2. The molecule has 0 heterocycles. The van der Waals surface area contributed by atoms with Crippen molar-refractivity contribution in [3.05, 3.63) is 22.7 Å². The van der Waals surface area contributed by atoms with Crippen LogP contribution in [0, 0.1) is 11.3 Å². The molecule has 0 amide bonds. The van der Waals surface area contributed by atoms with Gasteiger partial charge in [-0.1, -0.05) is 25.4 Å². The maximum Gasteiger partial charge on any atom is 0.183 e. The average molecular weight is 242 g/mol. The van der Waals surface area contributed by atoms with Crippen molar-refractivity contribution in [2.45, 2.75) is 13.8 Å². The average Bonchev–Trinajstić information content (AvgIpc) is 2.24. The van der Waals surface area contributed by atoms with Gasteiger partial charge in [0.05, 0.1) is 5.02 Å². The van der Waals surface area contributed by atoms with Crippen LogP contribution in [-0.4, -0.2) is 21.7 Å². The fourth-order valence-corrected chi connectivity index (χ4v) is 1.42. The van der Waals surface area contributed by atoms with Crippen LogP contribution in [0.4, 0.5) is 0 Å². The first-order valence-electron chi connectivity index (χ1n) is 4.69. The standard InChI is InChI=1S/C11H12ClNO3/c1-5(2)10(15)9(13)6-3-4-7(14)11(16)8(6)12/h3-5,13-14,16H,1-2H3. The highest BCUT2D eigenvalue weighted by atomic mass is 35.5. The monoisotopic (exact) mass is 241 g/mol. The Morgan fingerprint density at radius 2 is 1.94 bits per heavy atom. The second kappa shape index (κ2) is 4.53. The molecular weight excluding hydrogens is 230 g/mol. The van der Waals surface area contributed by atoms with Crippen LogP contribution >= 0.6 is 11.6 Å². The van der Waals surface area contributed by atoms with E-state index in [9.17, 15) is 9.90 Å². The number of rotatable bonds is 3. The van der Waals surface area contributed by atoms with E-state index in [1.165, 1.54) is 12.1 Å². The summed E-state index contributed by atoms with van der Waals surface area (Å²) in [6, 6.07) is 2.53. The van der Waals surface area contributed by atoms with Gasteiger partial charge in [0.1, 0.15) is 5.71 Å². The molecule has 4 nitrogen and oxygen atoms in total. The topological polar surface area (TPSA) is 81.4 Å². The van der Waals surface area contributed by atoms with E-state index in [1.54, 1.807) is 13.8 Å². The van der Waals surface area contributed by atoms with Gasteiger partial charge in [0.15, 0.2) is 17.3 Å². The van der Waals surface area contributed by atoms with Gasteiger partial charge in [-0.05, 0) is 12.1 Å². The van der Waals surface area contributed by atoms with Gasteiger partial charge in [-0.25, -0.2) is 0 Å². The Hall–Kier alpha value is -1.55. The summed E-state index contributed by atoms with van der Waals surface area (Å²) in [4.78, 5) is 11.6. The Bertz CT molecular complexity index is 455. The fourth-order valence-electron chi connectivity index (χ4n) is 1.17. The first-order chi connectivity index (χ1) is 7.36. The molecule has 0 aromatic heterocycles. The van der Waals surface area contributed by atoms with Gasteiger partial charge < -0.3 is 10.2 Å². The first kappa shape index (κ1) is 12.5. The molecule has 16 heavy (non-hydrogen) atoms. The lowest BCUT2D eigenvalue weighted by Gasteiger charge is -2.09. The molecule has 3 N–H and O–H groups in total. The van der Waals surface area contributed by atoms with Crippen molar-refractivity contribution < 1.29 is 15.0 Å². The van der Waals surface area contributed by atoms with Crippen LogP contribution in [0.5, 0.6) is 11.5 Å². The van der Waals surface area contributed by atoms with E-state index in [1.807, 2.05) is 0 Å². The summed E-state index contributed by atoms with van der Waals surface area (Å²) in [5.41, 5.74) is -0.147. The SMILES string of the molecule is CC(C)C(=O)C(=N)c1ccc(O)c(O)c1Cl. The quantitative estimate of drug-likeness (QED) is 0.561. The molecule has 0 radical (unpaired) electrons. The molecule has 1 aromatic carbocycles. The van der Waals surface area contributed by atoms with E-state index in [2.05, 4.69) is 0 Å². The lowest BCUT2D eigenvalue weighted by atomic mass is 9.98. The van der Waals surface area contributed by atoms with E-state index in [-0.39, 0.29) is 33.7 Å². The Morgan fingerprint density at radius 3 is 2.44 bits per heavy atom. The number of hydrogen-bond donors (Lipinski definition) is 3. The molecule has 0 aliphatic rings. The highest BCUT2D eigenvalue weighted by Crippen LogP contribution is 2.35. The Balaban J connectivity index is 3.21. The van der Waals surface area contributed by atoms with Gasteiger partial charge >= 0.3 is 0 Å². The molecule has 0 bridgehead atoms. The van der Waals surface area contributed by atoms with E-state index < -0.39 is 5.75 Å². The number of hydrogen-bond acceptors (Lipinski definition) is 4. The summed E-state index contributed by atoms with van der Waals surface area (Å²) < 4.78 is 0. The second-order valence-corrected chi connectivity index (χ2v) is 4.07. The molecule has 1 aromatic rings. The number of halogens is 1. The van der Waals surface area contributed by atoms with E-state index in [0.29, 0.717) is 0 Å². The third kappa shape index (κ3) is 2.17. The maximum atomic E-state index is 11.6. The molecule has 0 fully saturated rings. The van der Waals surface area contributed by atoms with Gasteiger partial charge in [0.2, 0.25) is 0 Å².